The summed E-state index contributed by atoms with van der Waals surface area (Å²) in [4.78, 5) is 9.92. The Balaban J connectivity index is 2.61. The molecule has 0 bridgehead atoms. The minimum absolute atomic E-state index is 0.0498. The van der Waals surface area contributed by atoms with E-state index in [-0.39, 0.29) is 18.7 Å². The first-order valence-corrected chi connectivity index (χ1v) is 6.44. The Labute approximate surface area is 96.6 Å². The van der Waals surface area contributed by atoms with Crippen LogP contribution in [-0.2, 0) is 19.9 Å². The monoisotopic (exact) mass is 265 g/mol. The Morgan fingerprint density at radius 3 is 2.69 bits per heavy atom. The molecule has 0 spiro atoms. The van der Waals surface area contributed by atoms with E-state index >= 15 is 0 Å². The summed E-state index contributed by atoms with van der Waals surface area (Å²) in [6.45, 7) is -0.146. The summed E-state index contributed by atoms with van der Waals surface area (Å²) in [7, 11) is 0.841. The number of nitrogens with zero attached hydrogens (tertiary/aromatic N) is 1. The minimum atomic E-state index is -3.98. The van der Waals surface area contributed by atoms with Crippen molar-refractivity contribution in [3.63, 3.8) is 0 Å². The average Bonchev–Trinajstić information content (AvgIpc) is 2.16. The Morgan fingerprint density at radius 2 is 2.12 bits per heavy atom. The van der Waals surface area contributed by atoms with Crippen molar-refractivity contribution in [2.75, 3.05) is 6.61 Å². The second kappa shape index (κ2) is 5.24. The highest BCUT2D eigenvalue weighted by molar-refractivity contribution is 8.09. The predicted octanol–water partition coefficient (Wildman–Crippen LogP) is 1.64. The summed E-state index contributed by atoms with van der Waals surface area (Å²) in [5.41, 5.74) is 0.556. The van der Waals surface area contributed by atoms with Gasteiger partial charge in [0.25, 0.3) is 5.69 Å². The second-order valence-corrected chi connectivity index (χ2v) is 5.05. The van der Waals surface area contributed by atoms with Crippen LogP contribution in [-0.4, -0.2) is 19.9 Å². The standard InChI is InChI=1S/C8H8ClNO5S/c9-16(13,14)15-5-4-7-2-1-3-8(6-7)10(11)12/h1-3,6H,4-5H2. The molecule has 0 radical (unpaired) electrons. The highest BCUT2D eigenvalue weighted by Gasteiger charge is 2.07. The van der Waals surface area contributed by atoms with Crippen molar-refractivity contribution in [1.82, 2.24) is 0 Å². The molecule has 0 aliphatic rings. The molecular weight excluding hydrogens is 258 g/mol. The SMILES string of the molecule is O=[N+]([O-])c1cccc(CCOS(=O)(=O)Cl)c1. The maximum atomic E-state index is 10.4. The van der Waals surface area contributed by atoms with Crippen LogP contribution >= 0.6 is 10.7 Å². The molecule has 6 nitrogen and oxygen atoms in total. The van der Waals surface area contributed by atoms with E-state index in [1.807, 2.05) is 0 Å². The number of hydrogen-bond donors (Lipinski definition) is 0. The van der Waals surface area contributed by atoms with Gasteiger partial charge in [0.1, 0.15) is 0 Å². The van der Waals surface area contributed by atoms with Crippen LogP contribution in [0.1, 0.15) is 5.56 Å². The summed E-state index contributed by atoms with van der Waals surface area (Å²) >= 11 is 0. The van der Waals surface area contributed by atoms with Gasteiger partial charge in [0.2, 0.25) is 0 Å². The van der Waals surface area contributed by atoms with Crippen LogP contribution in [0, 0.1) is 10.1 Å². The van der Waals surface area contributed by atoms with Crippen LogP contribution in [0.15, 0.2) is 24.3 Å². The van der Waals surface area contributed by atoms with E-state index in [2.05, 4.69) is 4.18 Å². The van der Waals surface area contributed by atoms with Crippen LogP contribution in [0.4, 0.5) is 5.69 Å². The van der Waals surface area contributed by atoms with Crippen molar-refractivity contribution in [1.29, 1.82) is 0 Å². The lowest BCUT2D eigenvalue weighted by Gasteiger charge is -2.00. The third kappa shape index (κ3) is 4.56. The molecule has 1 rings (SSSR count). The molecule has 8 heteroatoms. The number of nitro benzene ring substituents is 1. The maximum absolute atomic E-state index is 10.4. The zero-order valence-electron chi connectivity index (χ0n) is 8.00. The maximum Gasteiger partial charge on any atom is 0.355 e. The van der Waals surface area contributed by atoms with E-state index in [1.165, 1.54) is 18.2 Å². The predicted molar refractivity (Wildman–Crippen MR) is 57.5 cm³/mol. The summed E-state index contributed by atoms with van der Waals surface area (Å²) < 4.78 is 25.2. The molecule has 0 unspecified atom stereocenters. The van der Waals surface area contributed by atoms with Gasteiger partial charge in [0, 0.05) is 22.8 Å². The van der Waals surface area contributed by atoms with Gasteiger partial charge in [-0.25, -0.2) is 0 Å². The van der Waals surface area contributed by atoms with Gasteiger partial charge in [-0.15, -0.1) is 0 Å². The number of hydrogen-bond acceptors (Lipinski definition) is 5. The van der Waals surface area contributed by atoms with E-state index in [1.54, 1.807) is 6.07 Å². The van der Waals surface area contributed by atoms with E-state index in [9.17, 15) is 18.5 Å². The van der Waals surface area contributed by atoms with E-state index in [0.29, 0.717) is 5.56 Å². The summed E-state index contributed by atoms with van der Waals surface area (Å²) in [5, 5.41) is 10.4. The third-order valence-corrected chi connectivity index (χ3v) is 2.45. The number of non-ortho nitro benzene ring substituents is 1. The molecule has 0 aromatic heterocycles. The fourth-order valence-corrected chi connectivity index (χ4v) is 1.56. The molecule has 0 N–H and O–H groups in total. The molecule has 0 fully saturated rings. The summed E-state index contributed by atoms with van der Waals surface area (Å²) in [6, 6.07) is 5.85. The van der Waals surface area contributed by atoms with Crippen molar-refractivity contribution in [2.24, 2.45) is 0 Å². The number of rotatable bonds is 5. The summed E-state index contributed by atoms with van der Waals surface area (Å²) in [5.74, 6) is 0. The number of nitro groups is 1. The minimum Gasteiger partial charge on any atom is -0.258 e. The molecule has 0 aliphatic heterocycles. The van der Waals surface area contributed by atoms with Crippen molar-refractivity contribution in [3.8, 4) is 0 Å². The van der Waals surface area contributed by atoms with Gasteiger partial charge < -0.3 is 0 Å². The lowest BCUT2D eigenvalue weighted by atomic mass is 10.1. The van der Waals surface area contributed by atoms with Gasteiger partial charge in [0.05, 0.1) is 11.5 Å². The number of benzene rings is 1. The lowest BCUT2D eigenvalue weighted by Crippen LogP contribution is -2.02. The molecule has 0 saturated carbocycles. The first-order chi connectivity index (χ1) is 7.38. The summed E-state index contributed by atoms with van der Waals surface area (Å²) in [6.07, 6.45) is 0.230. The fraction of sp³-hybridized carbons (Fsp3) is 0.250. The van der Waals surface area contributed by atoms with Crippen LogP contribution < -0.4 is 0 Å². The Bertz CT molecular complexity index is 487. The average molecular weight is 266 g/mol. The molecule has 1 aromatic carbocycles. The zero-order valence-corrected chi connectivity index (χ0v) is 9.57. The van der Waals surface area contributed by atoms with Crippen molar-refractivity contribution < 1.29 is 17.5 Å². The van der Waals surface area contributed by atoms with Crippen LogP contribution in [0.25, 0.3) is 0 Å². The first-order valence-electron chi connectivity index (χ1n) is 4.21. The quantitative estimate of drug-likeness (QED) is 0.459. The Kier molecular flexibility index (Phi) is 4.22. The van der Waals surface area contributed by atoms with Crippen LogP contribution in [0.2, 0.25) is 0 Å². The molecular formula is C8H8ClNO5S. The smallest absolute Gasteiger partial charge is 0.258 e. The normalized spacial score (nSPS) is 11.3. The van der Waals surface area contributed by atoms with E-state index < -0.39 is 14.3 Å². The van der Waals surface area contributed by atoms with Gasteiger partial charge in [0.15, 0.2) is 0 Å². The topological polar surface area (TPSA) is 86.5 Å². The Hall–Kier alpha value is -1.18. The first kappa shape index (κ1) is 12.9. The van der Waals surface area contributed by atoms with Crippen molar-refractivity contribution in [2.45, 2.75) is 6.42 Å². The van der Waals surface area contributed by atoms with Gasteiger partial charge in [-0.2, -0.15) is 8.42 Å². The molecule has 16 heavy (non-hydrogen) atoms. The molecule has 0 aliphatic carbocycles. The number of halogens is 1. The molecule has 1 aromatic rings. The highest BCUT2D eigenvalue weighted by Crippen LogP contribution is 2.13. The molecule has 0 atom stereocenters. The largest absolute Gasteiger partial charge is 0.355 e. The second-order valence-electron chi connectivity index (χ2n) is 2.89. The Morgan fingerprint density at radius 1 is 1.44 bits per heavy atom. The van der Waals surface area contributed by atoms with Crippen LogP contribution in [0.3, 0.4) is 0 Å². The van der Waals surface area contributed by atoms with Crippen molar-refractivity contribution >= 4 is 25.7 Å². The van der Waals surface area contributed by atoms with Gasteiger partial charge in [-0.3, -0.25) is 14.3 Å². The lowest BCUT2D eigenvalue weighted by molar-refractivity contribution is -0.384. The third-order valence-electron chi connectivity index (χ3n) is 1.74. The molecule has 0 heterocycles. The van der Waals surface area contributed by atoms with Gasteiger partial charge in [-0.1, -0.05) is 12.1 Å². The van der Waals surface area contributed by atoms with Crippen molar-refractivity contribution in [3.05, 3.63) is 39.9 Å². The van der Waals surface area contributed by atoms with Gasteiger partial charge >= 0.3 is 9.33 Å². The zero-order chi connectivity index (χ0) is 12.2. The fourth-order valence-electron chi connectivity index (χ4n) is 1.08. The molecule has 0 saturated heterocycles. The van der Waals surface area contributed by atoms with Gasteiger partial charge in [-0.05, 0) is 12.0 Å². The molecule has 0 amide bonds. The highest BCUT2D eigenvalue weighted by atomic mass is 35.7. The van der Waals surface area contributed by atoms with E-state index in [0.717, 1.165) is 0 Å². The van der Waals surface area contributed by atoms with E-state index in [4.69, 9.17) is 10.7 Å². The van der Waals surface area contributed by atoms with Crippen LogP contribution in [0.5, 0.6) is 0 Å². The molecule has 88 valence electrons.